The van der Waals surface area contributed by atoms with Crippen LogP contribution in [0.2, 0.25) is 0 Å². The molecule has 20 heavy (non-hydrogen) atoms. The number of aliphatic imine (C=N–C) groups is 1. The molecule has 0 aliphatic heterocycles. The average Bonchev–Trinajstić information content (AvgIpc) is 2.34. The molecule has 0 fully saturated rings. The van der Waals surface area contributed by atoms with Crippen molar-refractivity contribution in [3.05, 3.63) is 30.3 Å². The fraction of sp³-hybridized carbons (Fsp3) is 0.533. The van der Waals surface area contributed by atoms with Gasteiger partial charge >= 0.3 is 0 Å². The van der Waals surface area contributed by atoms with Crippen molar-refractivity contribution in [2.24, 2.45) is 10.7 Å². The van der Waals surface area contributed by atoms with Gasteiger partial charge in [0.1, 0.15) is 0 Å². The summed E-state index contributed by atoms with van der Waals surface area (Å²) in [6, 6.07) is 10.6. The zero-order chi connectivity index (χ0) is 14.5. The third-order valence-electron chi connectivity index (χ3n) is 2.85. The van der Waals surface area contributed by atoms with E-state index in [0.29, 0.717) is 18.5 Å². The Morgan fingerprint density at radius 1 is 1.30 bits per heavy atom. The van der Waals surface area contributed by atoms with Crippen LogP contribution in [0.25, 0.3) is 0 Å². The van der Waals surface area contributed by atoms with Crippen molar-refractivity contribution < 1.29 is 0 Å². The summed E-state index contributed by atoms with van der Waals surface area (Å²) in [4.78, 5) is 6.60. The van der Waals surface area contributed by atoms with E-state index in [1.54, 1.807) is 0 Å². The first-order valence-electron chi connectivity index (χ1n) is 6.65. The van der Waals surface area contributed by atoms with Crippen molar-refractivity contribution in [3.63, 3.8) is 0 Å². The highest BCUT2D eigenvalue weighted by Crippen LogP contribution is 2.14. The van der Waals surface area contributed by atoms with E-state index in [1.807, 2.05) is 18.2 Å². The summed E-state index contributed by atoms with van der Waals surface area (Å²) in [6.07, 6.45) is 0. The lowest BCUT2D eigenvalue weighted by Gasteiger charge is -2.26. The maximum atomic E-state index is 5.87. The Kier molecular flexibility index (Phi) is 7.93. The van der Waals surface area contributed by atoms with Crippen molar-refractivity contribution in [2.45, 2.75) is 39.3 Å². The van der Waals surface area contributed by atoms with Gasteiger partial charge in [-0.1, -0.05) is 18.2 Å². The highest BCUT2D eigenvalue weighted by Gasteiger charge is 2.12. The van der Waals surface area contributed by atoms with Crippen LogP contribution in [-0.4, -0.2) is 31.1 Å². The lowest BCUT2D eigenvalue weighted by Crippen LogP contribution is -2.45. The summed E-state index contributed by atoms with van der Waals surface area (Å²) >= 11 is 0. The first-order valence-corrected chi connectivity index (χ1v) is 6.65. The van der Waals surface area contributed by atoms with Gasteiger partial charge in [-0.15, -0.1) is 24.0 Å². The van der Waals surface area contributed by atoms with Gasteiger partial charge < -0.3 is 16.0 Å². The molecule has 0 saturated carbocycles. The maximum absolute atomic E-state index is 5.87. The summed E-state index contributed by atoms with van der Waals surface area (Å²) in [7, 11) is 2.07. The molecule has 114 valence electrons. The predicted octanol–water partition coefficient (Wildman–Crippen LogP) is 2.83. The average molecular weight is 390 g/mol. The molecule has 1 aromatic rings. The molecule has 1 unspecified atom stereocenters. The Hall–Kier alpha value is -0.980. The second kappa shape index (κ2) is 8.34. The van der Waals surface area contributed by atoms with Gasteiger partial charge in [0.2, 0.25) is 0 Å². The number of likely N-dealkylation sites (N-methyl/N-ethyl adjacent to an activating group) is 1. The van der Waals surface area contributed by atoms with Crippen LogP contribution in [0.4, 0.5) is 5.69 Å². The topological polar surface area (TPSA) is 53.6 Å². The number of benzene rings is 1. The molecular weight excluding hydrogens is 363 g/mol. The van der Waals surface area contributed by atoms with Crippen molar-refractivity contribution in [1.29, 1.82) is 0 Å². The van der Waals surface area contributed by atoms with E-state index in [1.165, 1.54) is 5.69 Å². The minimum Gasteiger partial charge on any atom is -0.370 e. The predicted molar refractivity (Wildman–Crippen MR) is 99.1 cm³/mol. The number of nitrogens with two attached hydrogens (primary N) is 1. The van der Waals surface area contributed by atoms with Crippen LogP contribution in [0.3, 0.4) is 0 Å². The number of anilines is 1. The van der Waals surface area contributed by atoms with Gasteiger partial charge in [-0.3, -0.25) is 4.99 Å². The summed E-state index contributed by atoms with van der Waals surface area (Å²) in [5.74, 6) is 0.501. The van der Waals surface area contributed by atoms with Crippen molar-refractivity contribution in [3.8, 4) is 0 Å². The lowest BCUT2D eigenvalue weighted by atomic mass is 10.1. The summed E-state index contributed by atoms with van der Waals surface area (Å²) in [5.41, 5.74) is 7.00. The van der Waals surface area contributed by atoms with Crippen LogP contribution < -0.4 is 16.0 Å². The molecule has 1 rings (SSSR count). The number of nitrogens with zero attached hydrogens (tertiary/aromatic N) is 2. The van der Waals surface area contributed by atoms with Crippen LogP contribution in [0.15, 0.2) is 35.3 Å². The van der Waals surface area contributed by atoms with Crippen LogP contribution in [-0.2, 0) is 0 Å². The molecule has 0 amide bonds. The van der Waals surface area contributed by atoms with E-state index >= 15 is 0 Å². The van der Waals surface area contributed by atoms with Crippen LogP contribution >= 0.6 is 24.0 Å². The Labute approximate surface area is 139 Å². The van der Waals surface area contributed by atoms with Gasteiger partial charge in [0, 0.05) is 24.3 Å². The summed E-state index contributed by atoms with van der Waals surface area (Å²) in [6.45, 7) is 9.00. The summed E-state index contributed by atoms with van der Waals surface area (Å²) in [5, 5.41) is 3.16. The highest BCUT2D eigenvalue weighted by atomic mass is 127. The Balaban J connectivity index is 0.00000361. The van der Waals surface area contributed by atoms with Crippen LogP contribution in [0.1, 0.15) is 27.7 Å². The number of hydrogen-bond donors (Lipinski definition) is 2. The molecule has 0 heterocycles. The van der Waals surface area contributed by atoms with E-state index in [4.69, 9.17) is 5.73 Å². The molecule has 0 aliphatic carbocycles. The molecule has 1 aromatic carbocycles. The zero-order valence-corrected chi connectivity index (χ0v) is 15.4. The van der Waals surface area contributed by atoms with E-state index < -0.39 is 0 Å². The highest BCUT2D eigenvalue weighted by molar-refractivity contribution is 14.0. The largest absolute Gasteiger partial charge is 0.370 e. The quantitative estimate of drug-likeness (QED) is 0.472. The summed E-state index contributed by atoms with van der Waals surface area (Å²) < 4.78 is 0. The minimum atomic E-state index is -0.0534. The maximum Gasteiger partial charge on any atom is 0.189 e. The van der Waals surface area contributed by atoms with E-state index in [2.05, 4.69) is 62.1 Å². The number of para-hydroxylation sites is 1. The van der Waals surface area contributed by atoms with Crippen molar-refractivity contribution >= 4 is 35.6 Å². The number of nitrogens with one attached hydrogen (secondary N) is 1. The second-order valence-electron chi connectivity index (χ2n) is 5.90. The molecule has 0 bridgehead atoms. The van der Waals surface area contributed by atoms with Crippen molar-refractivity contribution in [2.75, 3.05) is 18.5 Å². The van der Waals surface area contributed by atoms with Crippen LogP contribution in [0.5, 0.6) is 0 Å². The minimum absolute atomic E-state index is 0. The van der Waals surface area contributed by atoms with Crippen molar-refractivity contribution in [1.82, 2.24) is 5.32 Å². The smallest absolute Gasteiger partial charge is 0.189 e. The zero-order valence-electron chi connectivity index (χ0n) is 13.1. The number of guanidine groups is 1. The molecular formula is C15H27IN4. The monoisotopic (exact) mass is 390 g/mol. The van der Waals surface area contributed by atoms with E-state index in [0.717, 1.165) is 0 Å². The standard InChI is InChI=1S/C15H26N4.HI/c1-12(11-17-14(16)18-15(2,3)4)19(5)13-9-7-6-8-10-13;/h6-10,12H,11H2,1-5H3,(H3,16,17,18);1H. The molecule has 0 aliphatic rings. The normalized spacial score (nSPS) is 13.3. The lowest BCUT2D eigenvalue weighted by molar-refractivity contribution is 0.507. The van der Waals surface area contributed by atoms with Gasteiger partial charge in [-0.25, -0.2) is 0 Å². The van der Waals surface area contributed by atoms with E-state index in [9.17, 15) is 0 Å². The molecule has 1 atom stereocenters. The molecule has 3 N–H and O–H groups in total. The number of rotatable bonds is 4. The first-order chi connectivity index (χ1) is 8.79. The molecule has 5 heteroatoms. The Morgan fingerprint density at radius 3 is 2.35 bits per heavy atom. The molecule has 4 nitrogen and oxygen atoms in total. The third kappa shape index (κ3) is 6.98. The van der Waals surface area contributed by atoms with Gasteiger partial charge in [0.05, 0.1) is 6.54 Å². The fourth-order valence-corrected chi connectivity index (χ4v) is 1.69. The van der Waals surface area contributed by atoms with Gasteiger partial charge in [-0.2, -0.15) is 0 Å². The molecule has 0 saturated heterocycles. The van der Waals surface area contributed by atoms with Gasteiger partial charge in [-0.05, 0) is 39.8 Å². The Morgan fingerprint density at radius 2 is 1.85 bits per heavy atom. The molecule has 0 spiro atoms. The Bertz CT molecular complexity index is 412. The van der Waals surface area contributed by atoms with Gasteiger partial charge in [0.25, 0.3) is 0 Å². The number of hydrogen-bond acceptors (Lipinski definition) is 2. The van der Waals surface area contributed by atoms with Gasteiger partial charge in [0.15, 0.2) is 5.96 Å². The fourth-order valence-electron chi connectivity index (χ4n) is 1.69. The second-order valence-corrected chi connectivity index (χ2v) is 5.90. The SMILES string of the molecule is CC(CN=C(N)NC(C)(C)C)N(C)c1ccccc1.I. The van der Waals surface area contributed by atoms with E-state index in [-0.39, 0.29) is 29.5 Å². The molecule has 0 aromatic heterocycles. The van der Waals surface area contributed by atoms with Crippen LogP contribution in [0, 0.1) is 0 Å². The number of halogens is 1. The molecule has 0 radical (unpaired) electrons. The third-order valence-corrected chi connectivity index (χ3v) is 2.85. The first kappa shape index (κ1) is 19.0.